The molecule has 1 heterocycles. The van der Waals surface area contributed by atoms with E-state index in [1.807, 2.05) is 12.1 Å². The van der Waals surface area contributed by atoms with Gasteiger partial charge in [0.15, 0.2) is 11.5 Å². The molecule has 3 rings (SSSR count). The second kappa shape index (κ2) is 8.05. The number of carbonyl (C=O) groups is 1. The number of ether oxygens (including phenoxy) is 2. The van der Waals surface area contributed by atoms with E-state index < -0.39 is 10.8 Å². The Bertz CT molecular complexity index is 1050. The smallest absolute Gasteiger partial charge is 0.275 e. The Hall–Kier alpha value is -3.46. The second-order valence-electron chi connectivity index (χ2n) is 5.74. The molecule has 1 amide bonds. The SMILES string of the molecule is COc1cccc(-c2nc(C(=O)Nc3cccc([N+](=O)[O-])c3C)cs2)c1OC. The van der Waals surface area contributed by atoms with Gasteiger partial charge in [0, 0.05) is 11.4 Å². The van der Waals surface area contributed by atoms with Gasteiger partial charge in [0.25, 0.3) is 11.6 Å². The number of nitro benzene ring substituents is 1. The molecule has 0 unspecified atom stereocenters. The number of anilines is 1. The van der Waals surface area contributed by atoms with Crippen LogP contribution in [0.15, 0.2) is 41.8 Å². The van der Waals surface area contributed by atoms with Gasteiger partial charge in [-0.2, -0.15) is 0 Å². The number of nitrogens with one attached hydrogen (secondary N) is 1. The summed E-state index contributed by atoms with van der Waals surface area (Å²) in [6, 6.07) is 9.93. The van der Waals surface area contributed by atoms with Crippen LogP contribution in [0, 0.1) is 17.0 Å². The summed E-state index contributed by atoms with van der Waals surface area (Å²) >= 11 is 1.29. The maximum absolute atomic E-state index is 12.6. The summed E-state index contributed by atoms with van der Waals surface area (Å²) < 4.78 is 10.7. The van der Waals surface area contributed by atoms with Crippen molar-refractivity contribution in [2.45, 2.75) is 6.92 Å². The van der Waals surface area contributed by atoms with Crippen LogP contribution in [-0.2, 0) is 0 Å². The van der Waals surface area contributed by atoms with Gasteiger partial charge in [-0.3, -0.25) is 14.9 Å². The maximum Gasteiger partial charge on any atom is 0.275 e. The third kappa shape index (κ3) is 3.65. The second-order valence-corrected chi connectivity index (χ2v) is 6.60. The zero-order valence-corrected chi connectivity index (χ0v) is 16.2. The molecule has 144 valence electrons. The first-order chi connectivity index (χ1) is 13.5. The van der Waals surface area contributed by atoms with E-state index in [1.54, 1.807) is 31.5 Å². The molecule has 0 aliphatic rings. The van der Waals surface area contributed by atoms with Gasteiger partial charge >= 0.3 is 0 Å². The highest BCUT2D eigenvalue weighted by Crippen LogP contribution is 2.39. The molecule has 28 heavy (non-hydrogen) atoms. The lowest BCUT2D eigenvalue weighted by Crippen LogP contribution is -2.13. The lowest BCUT2D eigenvalue weighted by Gasteiger charge is -2.10. The standard InChI is InChI=1S/C19H17N3O5S/c1-11-13(7-5-8-15(11)22(24)25)20-18(23)14-10-28-19(21-14)12-6-4-9-16(26-2)17(12)27-3/h4-10H,1-3H3,(H,20,23). The van der Waals surface area contributed by atoms with E-state index in [4.69, 9.17) is 9.47 Å². The van der Waals surface area contributed by atoms with Gasteiger partial charge < -0.3 is 14.8 Å². The highest BCUT2D eigenvalue weighted by Gasteiger charge is 2.19. The fourth-order valence-corrected chi connectivity index (χ4v) is 3.52. The van der Waals surface area contributed by atoms with E-state index in [1.165, 1.54) is 30.6 Å². The minimum atomic E-state index is -0.485. The van der Waals surface area contributed by atoms with Crippen molar-refractivity contribution in [1.82, 2.24) is 4.98 Å². The van der Waals surface area contributed by atoms with Crippen molar-refractivity contribution in [3.05, 3.63) is 63.1 Å². The number of thiazole rings is 1. The number of hydrogen-bond donors (Lipinski definition) is 1. The number of para-hydroxylation sites is 1. The summed E-state index contributed by atoms with van der Waals surface area (Å²) in [5.74, 6) is 0.641. The van der Waals surface area contributed by atoms with Crippen LogP contribution in [0.1, 0.15) is 16.1 Å². The number of methoxy groups -OCH3 is 2. The number of nitro groups is 1. The van der Waals surface area contributed by atoms with E-state index in [0.29, 0.717) is 33.3 Å². The lowest BCUT2D eigenvalue weighted by molar-refractivity contribution is -0.385. The number of nitrogens with zero attached hydrogens (tertiary/aromatic N) is 2. The molecule has 0 fully saturated rings. The molecule has 0 aliphatic carbocycles. The van der Waals surface area contributed by atoms with Gasteiger partial charge in [0.2, 0.25) is 0 Å². The Kier molecular flexibility index (Phi) is 5.55. The first-order valence-electron chi connectivity index (χ1n) is 8.18. The van der Waals surface area contributed by atoms with E-state index in [0.717, 1.165) is 0 Å². The molecule has 0 bridgehead atoms. The maximum atomic E-state index is 12.6. The molecule has 0 saturated carbocycles. The predicted molar refractivity (Wildman–Crippen MR) is 106 cm³/mol. The quantitative estimate of drug-likeness (QED) is 0.490. The summed E-state index contributed by atoms with van der Waals surface area (Å²) in [5.41, 5.74) is 1.60. The molecule has 0 spiro atoms. The van der Waals surface area contributed by atoms with E-state index in [2.05, 4.69) is 10.3 Å². The fourth-order valence-electron chi connectivity index (χ4n) is 2.70. The summed E-state index contributed by atoms with van der Waals surface area (Å²) in [4.78, 5) is 27.5. The molecule has 2 aromatic carbocycles. The number of benzene rings is 2. The minimum absolute atomic E-state index is 0.0575. The zero-order valence-electron chi connectivity index (χ0n) is 15.4. The monoisotopic (exact) mass is 399 g/mol. The van der Waals surface area contributed by atoms with Crippen LogP contribution in [0.4, 0.5) is 11.4 Å². The van der Waals surface area contributed by atoms with Crippen LogP contribution >= 0.6 is 11.3 Å². The highest BCUT2D eigenvalue weighted by molar-refractivity contribution is 7.13. The van der Waals surface area contributed by atoms with Crippen LogP contribution in [0.3, 0.4) is 0 Å². The zero-order chi connectivity index (χ0) is 20.3. The Morgan fingerprint density at radius 1 is 1.18 bits per heavy atom. The van der Waals surface area contributed by atoms with E-state index >= 15 is 0 Å². The molecule has 0 atom stereocenters. The molecular formula is C19H17N3O5S. The molecule has 0 saturated heterocycles. The van der Waals surface area contributed by atoms with Gasteiger partial charge in [0.05, 0.1) is 36.0 Å². The Morgan fingerprint density at radius 2 is 1.93 bits per heavy atom. The average molecular weight is 399 g/mol. The fraction of sp³-hybridized carbons (Fsp3) is 0.158. The number of aromatic nitrogens is 1. The summed E-state index contributed by atoms with van der Waals surface area (Å²) in [6.07, 6.45) is 0. The number of carbonyl (C=O) groups excluding carboxylic acids is 1. The molecule has 0 radical (unpaired) electrons. The van der Waals surface area contributed by atoms with Crippen LogP contribution in [0.25, 0.3) is 10.6 Å². The average Bonchev–Trinajstić information content (AvgIpc) is 3.18. The summed E-state index contributed by atoms with van der Waals surface area (Å²) in [6.45, 7) is 1.58. The molecule has 3 aromatic rings. The van der Waals surface area contributed by atoms with Gasteiger partial charge in [-0.05, 0) is 25.1 Å². The summed E-state index contributed by atoms with van der Waals surface area (Å²) in [7, 11) is 3.08. The van der Waals surface area contributed by atoms with E-state index in [-0.39, 0.29) is 11.4 Å². The number of amides is 1. The lowest BCUT2D eigenvalue weighted by atomic mass is 10.1. The minimum Gasteiger partial charge on any atom is -0.493 e. The van der Waals surface area contributed by atoms with Crippen molar-refractivity contribution < 1.29 is 19.2 Å². The van der Waals surface area contributed by atoms with E-state index in [9.17, 15) is 14.9 Å². The molecule has 0 aliphatic heterocycles. The van der Waals surface area contributed by atoms with Gasteiger partial charge in [-0.15, -0.1) is 11.3 Å². The van der Waals surface area contributed by atoms with Crippen molar-refractivity contribution in [2.24, 2.45) is 0 Å². The Balaban J connectivity index is 1.88. The third-order valence-corrected chi connectivity index (χ3v) is 5.00. The largest absolute Gasteiger partial charge is 0.493 e. The number of rotatable bonds is 6. The van der Waals surface area contributed by atoms with Crippen molar-refractivity contribution in [3.63, 3.8) is 0 Å². The Morgan fingerprint density at radius 3 is 2.61 bits per heavy atom. The van der Waals surface area contributed by atoms with Crippen LogP contribution < -0.4 is 14.8 Å². The van der Waals surface area contributed by atoms with Gasteiger partial charge in [-0.25, -0.2) is 4.98 Å². The molecule has 1 N–H and O–H groups in total. The predicted octanol–water partition coefficient (Wildman–Crippen LogP) is 4.30. The molecule has 1 aromatic heterocycles. The van der Waals surface area contributed by atoms with Crippen LogP contribution in [0.2, 0.25) is 0 Å². The van der Waals surface area contributed by atoms with Gasteiger partial charge in [-0.1, -0.05) is 12.1 Å². The highest BCUT2D eigenvalue weighted by atomic mass is 32.1. The van der Waals surface area contributed by atoms with Gasteiger partial charge in [0.1, 0.15) is 10.7 Å². The molecule has 8 nitrogen and oxygen atoms in total. The normalized spacial score (nSPS) is 10.4. The first-order valence-corrected chi connectivity index (χ1v) is 9.06. The summed E-state index contributed by atoms with van der Waals surface area (Å²) in [5, 5.41) is 16.0. The van der Waals surface area contributed by atoms with Crippen molar-refractivity contribution in [3.8, 4) is 22.1 Å². The van der Waals surface area contributed by atoms with Crippen LogP contribution in [-0.4, -0.2) is 30.0 Å². The van der Waals surface area contributed by atoms with Crippen molar-refractivity contribution in [1.29, 1.82) is 0 Å². The molecular weight excluding hydrogens is 382 g/mol. The third-order valence-electron chi connectivity index (χ3n) is 4.12. The Labute approximate surface area is 164 Å². The van der Waals surface area contributed by atoms with Crippen LogP contribution in [0.5, 0.6) is 11.5 Å². The topological polar surface area (TPSA) is 104 Å². The van der Waals surface area contributed by atoms with Crippen molar-refractivity contribution >= 4 is 28.6 Å². The first kappa shape index (κ1) is 19.3. The van der Waals surface area contributed by atoms with Crippen molar-refractivity contribution in [2.75, 3.05) is 19.5 Å². The number of hydrogen-bond acceptors (Lipinski definition) is 7. The molecule has 9 heteroatoms.